The van der Waals surface area contributed by atoms with E-state index in [0.29, 0.717) is 12.8 Å². The Morgan fingerprint density at radius 2 is 1.40 bits per heavy atom. The lowest BCUT2D eigenvalue weighted by atomic mass is 10.1. The summed E-state index contributed by atoms with van der Waals surface area (Å²) in [5.41, 5.74) is 3.42. The van der Waals surface area contributed by atoms with Gasteiger partial charge in [-0.2, -0.15) is 0 Å². The lowest BCUT2D eigenvalue weighted by Crippen LogP contribution is -2.34. The Morgan fingerprint density at radius 3 is 1.93 bits per heavy atom. The minimum Gasteiger partial charge on any atom is -0.320 e. The first-order chi connectivity index (χ1) is 14.6. The number of nitrogens with zero attached hydrogens (tertiary/aromatic N) is 2. The van der Waals surface area contributed by atoms with Crippen molar-refractivity contribution in [2.45, 2.75) is 25.9 Å². The Hall–Kier alpha value is -3.40. The average Bonchev–Trinajstić information content (AvgIpc) is 3.09. The van der Waals surface area contributed by atoms with E-state index in [0.717, 1.165) is 11.1 Å². The maximum atomic E-state index is 12.6. The molecule has 1 aliphatic heterocycles. The highest BCUT2D eigenvalue weighted by Gasteiger charge is 2.38. The van der Waals surface area contributed by atoms with E-state index in [1.54, 1.807) is 16.8 Å². The van der Waals surface area contributed by atoms with E-state index in [4.69, 9.17) is 0 Å². The van der Waals surface area contributed by atoms with Crippen LogP contribution in [-0.4, -0.2) is 35.2 Å². The van der Waals surface area contributed by atoms with Crippen LogP contribution in [0.4, 0.5) is 0 Å². The quantitative estimate of drug-likeness (QED) is 0.641. The van der Waals surface area contributed by atoms with Gasteiger partial charge in [-0.15, -0.1) is 0 Å². The molecule has 0 spiro atoms. The molecule has 0 aromatic heterocycles. The van der Waals surface area contributed by atoms with Gasteiger partial charge in [-0.05, 0) is 24.5 Å². The van der Waals surface area contributed by atoms with Crippen molar-refractivity contribution in [3.05, 3.63) is 108 Å². The lowest BCUT2D eigenvalue weighted by Gasteiger charge is -2.28. The molecule has 3 aromatic carbocycles. The first-order valence-corrected chi connectivity index (χ1v) is 10.2. The summed E-state index contributed by atoms with van der Waals surface area (Å²) in [6.07, 6.45) is 0.802. The molecule has 0 aliphatic carbocycles. The number of aryl methyl sites for hydroxylation is 2. The monoisotopic (exact) mass is 400 g/mol. The third kappa shape index (κ3) is 5.57. The zero-order valence-corrected chi connectivity index (χ0v) is 17.6. The zero-order chi connectivity index (χ0) is 21.3. The summed E-state index contributed by atoms with van der Waals surface area (Å²) in [7, 11) is 1.75. The second kappa shape index (κ2) is 10.4. The van der Waals surface area contributed by atoms with Crippen LogP contribution in [0, 0.1) is 6.92 Å². The van der Waals surface area contributed by atoms with Crippen LogP contribution in [0.15, 0.2) is 91.0 Å². The summed E-state index contributed by atoms with van der Waals surface area (Å²) in [5, 5.41) is 0. The largest absolute Gasteiger partial charge is 0.320 e. The number of hydrogen-bond acceptors (Lipinski definition) is 2. The van der Waals surface area contributed by atoms with E-state index in [1.165, 1.54) is 5.56 Å². The number of rotatable bonds is 4. The van der Waals surface area contributed by atoms with Crippen LogP contribution in [0.3, 0.4) is 0 Å². The summed E-state index contributed by atoms with van der Waals surface area (Å²) in [4.78, 5) is 28.0. The highest BCUT2D eigenvalue weighted by atomic mass is 16.2. The molecule has 4 heteroatoms. The Labute approximate surface area is 178 Å². The number of hydrogen-bond donors (Lipinski definition) is 0. The highest BCUT2D eigenvalue weighted by molar-refractivity contribution is 5.88. The molecule has 0 radical (unpaired) electrons. The van der Waals surface area contributed by atoms with Crippen molar-refractivity contribution in [3.8, 4) is 0 Å². The second-order valence-corrected chi connectivity index (χ2v) is 7.45. The summed E-state index contributed by atoms with van der Waals surface area (Å²) >= 11 is 0. The Morgan fingerprint density at radius 1 is 0.867 bits per heavy atom. The molecule has 2 amide bonds. The van der Waals surface area contributed by atoms with Crippen molar-refractivity contribution in [1.82, 2.24) is 9.80 Å². The van der Waals surface area contributed by atoms with Gasteiger partial charge < -0.3 is 9.80 Å². The van der Waals surface area contributed by atoms with E-state index in [2.05, 4.69) is 19.1 Å². The number of likely N-dealkylation sites (N-methyl/N-ethyl adjacent to an activating group) is 1. The van der Waals surface area contributed by atoms with E-state index in [9.17, 15) is 9.59 Å². The SMILES string of the molecule is CN1C(=O)CN(C(=O)CCc2ccccc2)C1c1ccccc1.Cc1ccccc1. The summed E-state index contributed by atoms with van der Waals surface area (Å²) in [6, 6.07) is 29.9. The third-order valence-electron chi connectivity index (χ3n) is 5.19. The topological polar surface area (TPSA) is 40.6 Å². The number of amides is 2. The highest BCUT2D eigenvalue weighted by Crippen LogP contribution is 2.30. The second-order valence-electron chi connectivity index (χ2n) is 7.45. The van der Waals surface area contributed by atoms with Gasteiger partial charge in [-0.3, -0.25) is 9.59 Å². The first kappa shape index (κ1) is 21.3. The van der Waals surface area contributed by atoms with E-state index in [1.807, 2.05) is 78.9 Å². The van der Waals surface area contributed by atoms with Gasteiger partial charge in [-0.25, -0.2) is 0 Å². The number of carbonyl (C=O) groups excluding carboxylic acids is 2. The average molecular weight is 401 g/mol. The molecule has 0 N–H and O–H groups in total. The normalized spacial score (nSPS) is 15.5. The maximum Gasteiger partial charge on any atom is 0.243 e. The summed E-state index contributed by atoms with van der Waals surface area (Å²) in [5.74, 6) is -0.00711. The fourth-order valence-electron chi connectivity index (χ4n) is 3.52. The predicted molar refractivity (Wildman–Crippen MR) is 120 cm³/mol. The minimum atomic E-state index is -0.299. The molecule has 4 nitrogen and oxygen atoms in total. The predicted octanol–water partition coefficient (Wildman–Crippen LogP) is 4.61. The van der Waals surface area contributed by atoms with Crippen LogP contribution in [0.1, 0.15) is 29.3 Å². The molecule has 1 saturated heterocycles. The Balaban J connectivity index is 0.000000310. The van der Waals surface area contributed by atoms with Crippen LogP contribution in [0.5, 0.6) is 0 Å². The van der Waals surface area contributed by atoms with Crippen molar-refractivity contribution in [2.75, 3.05) is 13.6 Å². The van der Waals surface area contributed by atoms with Crippen molar-refractivity contribution < 1.29 is 9.59 Å². The van der Waals surface area contributed by atoms with Gasteiger partial charge in [0.1, 0.15) is 12.7 Å². The molecule has 3 aromatic rings. The van der Waals surface area contributed by atoms with Crippen molar-refractivity contribution in [1.29, 1.82) is 0 Å². The number of benzene rings is 3. The number of carbonyl (C=O) groups is 2. The van der Waals surface area contributed by atoms with Gasteiger partial charge in [0.15, 0.2) is 0 Å². The van der Waals surface area contributed by atoms with Crippen LogP contribution in [-0.2, 0) is 16.0 Å². The van der Waals surface area contributed by atoms with Crippen LogP contribution < -0.4 is 0 Å². The van der Waals surface area contributed by atoms with E-state index in [-0.39, 0.29) is 24.5 Å². The molecular formula is C26H28N2O2. The smallest absolute Gasteiger partial charge is 0.243 e. The fourth-order valence-corrected chi connectivity index (χ4v) is 3.52. The van der Waals surface area contributed by atoms with Crippen LogP contribution >= 0.6 is 0 Å². The molecule has 1 heterocycles. The van der Waals surface area contributed by atoms with Gasteiger partial charge in [0.25, 0.3) is 0 Å². The summed E-state index contributed by atoms with van der Waals surface area (Å²) < 4.78 is 0. The van der Waals surface area contributed by atoms with E-state index >= 15 is 0 Å². The molecule has 30 heavy (non-hydrogen) atoms. The van der Waals surface area contributed by atoms with Gasteiger partial charge in [-0.1, -0.05) is 96.6 Å². The zero-order valence-electron chi connectivity index (χ0n) is 17.6. The van der Waals surface area contributed by atoms with Crippen molar-refractivity contribution >= 4 is 11.8 Å². The molecule has 4 rings (SSSR count). The molecule has 1 unspecified atom stereocenters. The molecule has 0 bridgehead atoms. The third-order valence-corrected chi connectivity index (χ3v) is 5.19. The maximum absolute atomic E-state index is 12.6. The standard InChI is InChI=1S/C19H20N2O2.C7H8/c1-20-18(23)14-21(19(20)16-10-6-3-7-11-16)17(22)13-12-15-8-4-2-5-9-15;1-7-5-3-2-4-6-7/h2-11,19H,12-14H2,1H3;2-6H,1H3. The Bertz CT molecular complexity index is 943. The van der Waals surface area contributed by atoms with Crippen LogP contribution in [0.25, 0.3) is 0 Å². The van der Waals surface area contributed by atoms with Crippen molar-refractivity contribution in [3.63, 3.8) is 0 Å². The molecular weight excluding hydrogens is 372 g/mol. The fraction of sp³-hybridized carbons (Fsp3) is 0.231. The van der Waals surface area contributed by atoms with Gasteiger partial charge in [0.2, 0.25) is 11.8 Å². The summed E-state index contributed by atoms with van der Waals surface area (Å²) in [6.45, 7) is 2.24. The molecule has 1 aliphatic rings. The minimum absolute atomic E-state index is 0.0143. The molecule has 1 fully saturated rings. The van der Waals surface area contributed by atoms with Gasteiger partial charge in [0.05, 0.1) is 0 Å². The van der Waals surface area contributed by atoms with Gasteiger partial charge >= 0.3 is 0 Å². The molecule has 0 saturated carbocycles. The molecule has 154 valence electrons. The lowest BCUT2D eigenvalue weighted by molar-refractivity contribution is -0.133. The van der Waals surface area contributed by atoms with Crippen molar-refractivity contribution in [2.24, 2.45) is 0 Å². The van der Waals surface area contributed by atoms with Gasteiger partial charge in [0, 0.05) is 13.5 Å². The Kier molecular flexibility index (Phi) is 7.39. The molecule has 1 atom stereocenters. The van der Waals surface area contributed by atoms with Crippen LogP contribution in [0.2, 0.25) is 0 Å². The van der Waals surface area contributed by atoms with E-state index < -0.39 is 0 Å². The first-order valence-electron chi connectivity index (χ1n) is 10.2.